The van der Waals surface area contributed by atoms with E-state index in [0.29, 0.717) is 5.92 Å². The van der Waals surface area contributed by atoms with Crippen LogP contribution < -0.4 is 5.73 Å². The maximum absolute atomic E-state index is 5.63. The zero-order valence-electron chi connectivity index (χ0n) is 10.7. The monoisotopic (exact) mass is 212 g/mol. The molecule has 1 aliphatic heterocycles. The molecular weight excluding hydrogens is 184 g/mol. The van der Waals surface area contributed by atoms with Crippen molar-refractivity contribution in [2.75, 3.05) is 13.1 Å². The number of likely N-dealkylation sites (tertiary alicyclic amines) is 1. The van der Waals surface area contributed by atoms with E-state index in [9.17, 15) is 0 Å². The molecule has 0 spiro atoms. The molecule has 0 bridgehead atoms. The lowest BCUT2D eigenvalue weighted by molar-refractivity contribution is 0.1000. The maximum Gasteiger partial charge on any atom is 0.00697 e. The largest absolute Gasteiger partial charge is 0.330 e. The van der Waals surface area contributed by atoms with Crippen molar-refractivity contribution in [1.29, 1.82) is 0 Å². The van der Waals surface area contributed by atoms with Crippen LogP contribution in [0.5, 0.6) is 0 Å². The van der Waals surface area contributed by atoms with Gasteiger partial charge in [0.15, 0.2) is 0 Å². The van der Waals surface area contributed by atoms with E-state index in [-0.39, 0.29) is 0 Å². The first kappa shape index (κ1) is 13.0. The Hall–Kier alpha value is -0.0800. The molecule has 0 radical (unpaired) electrons. The van der Waals surface area contributed by atoms with Crippen LogP contribution in [0.1, 0.15) is 52.9 Å². The minimum atomic E-state index is 0.695. The van der Waals surface area contributed by atoms with Crippen LogP contribution in [0.15, 0.2) is 0 Å². The van der Waals surface area contributed by atoms with E-state index in [2.05, 4.69) is 25.7 Å². The van der Waals surface area contributed by atoms with Crippen molar-refractivity contribution < 1.29 is 0 Å². The van der Waals surface area contributed by atoms with Gasteiger partial charge in [0, 0.05) is 12.1 Å². The molecule has 1 aliphatic rings. The topological polar surface area (TPSA) is 29.3 Å². The third-order valence-corrected chi connectivity index (χ3v) is 3.89. The summed E-state index contributed by atoms with van der Waals surface area (Å²) in [4.78, 5) is 2.69. The molecule has 1 saturated heterocycles. The second-order valence-electron chi connectivity index (χ2n) is 5.35. The molecule has 0 aliphatic carbocycles. The summed E-state index contributed by atoms with van der Waals surface area (Å²) in [6.07, 6.45) is 6.78. The molecular formula is C13H28N2. The van der Waals surface area contributed by atoms with Gasteiger partial charge in [0.1, 0.15) is 0 Å². The van der Waals surface area contributed by atoms with Crippen LogP contribution in [-0.2, 0) is 0 Å². The Bertz CT molecular complexity index is 160. The molecule has 15 heavy (non-hydrogen) atoms. The fourth-order valence-electron chi connectivity index (χ4n) is 2.66. The van der Waals surface area contributed by atoms with E-state index in [4.69, 9.17) is 5.73 Å². The van der Waals surface area contributed by atoms with E-state index in [1.54, 1.807) is 0 Å². The summed E-state index contributed by atoms with van der Waals surface area (Å²) in [5.41, 5.74) is 5.63. The van der Waals surface area contributed by atoms with Crippen molar-refractivity contribution in [3.05, 3.63) is 0 Å². The molecule has 2 nitrogen and oxygen atoms in total. The quantitative estimate of drug-likeness (QED) is 0.759. The van der Waals surface area contributed by atoms with E-state index in [0.717, 1.165) is 18.6 Å². The molecule has 3 atom stereocenters. The highest BCUT2D eigenvalue weighted by Gasteiger charge is 2.23. The van der Waals surface area contributed by atoms with Crippen LogP contribution in [0.25, 0.3) is 0 Å². The van der Waals surface area contributed by atoms with E-state index in [1.165, 1.54) is 38.6 Å². The zero-order valence-corrected chi connectivity index (χ0v) is 10.7. The summed E-state index contributed by atoms with van der Waals surface area (Å²) >= 11 is 0. The number of rotatable bonds is 5. The fraction of sp³-hybridized carbons (Fsp3) is 1.00. The molecule has 0 saturated carbocycles. The van der Waals surface area contributed by atoms with Crippen molar-refractivity contribution in [1.82, 2.24) is 4.90 Å². The van der Waals surface area contributed by atoms with Crippen molar-refractivity contribution in [2.45, 2.75) is 65.0 Å². The third kappa shape index (κ3) is 4.12. The van der Waals surface area contributed by atoms with Crippen LogP contribution in [0.4, 0.5) is 0 Å². The van der Waals surface area contributed by atoms with Crippen LogP contribution in [0.3, 0.4) is 0 Å². The molecule has 1 fully saturated rings. The average Bonchev–Trinajstić information content (AvgIpc) is 2.22. The summed E-state index contributed by atoms with van der Waals surface area (Å²) in [5.74, 6) is 0.695. The SMILES string of the molecule is CC(CN)CCCN1C(C)CCCC1C. The lowest BCUT2D eigenvalue weighted by Crippen LogP contribution is -2.44. The molecule has 1 rings (SSSR count). The van der Waals surface area contributed by atoms with Gasteiger partial charge >= 0.3 is 0 Å². The summed E-state index contributed by atoms with van der Waals surface area (Å²) in [6.45, 7) is 9.12. The minimum absolute atomic E-state index is 0.695. The normalized spacial score (nSPS) is 30.4. The Kier molecular flexibility index (Phi) is 5.62. The molecule has 0 aromatic heterocycles. The number of hydrogen-bond donors (Lipinski definition) is 1. The number of hydrogen-bond acceptors (Lipinski definition) is 2. The van der Waals surface area contributed by atoms with Crippen molar-refractivity contribution >= 4 is 0 Å². The van der Waals surface area contributed by atoms with Gasteiger partial charge in [0.2, 0.25) is 0 Å². The smallest absolute Gasteiger partial charge is 0.00697 e. The van der Waals surface area contributed by atoms with Gasteiger partial charge in [-0.05, 0) is 58.5 Å². The number of piperidine rings is 1. The van der Waals surface area contributed by atoms with Crippen LogP contribution in [0.2, 0.25) is 0 Å². The van der Waals surface area contributed by atoms with Crippen LogP contribution in [0, 0.1) is 5.92 Å². The lowest BCUT2D eigenvalue weighted by atomic mass is 9.96. The average molecular weight is 212 g/mol. The van der Waals surface area contributed by atoms with Gasteiger partial charge in [0.25, 0.3) is 0 Å². The van der Waals surface area contributed by atoms with Gasteiger partial charge < -0.3 is 5.73 Å². The highest BCUT2D eigenvalue weighted by molar-refractivity contribution is 4.79. The molecule has 0 amide bonds. The molecule has 0 aromatic rings. The zero-order chi connectivity index (χ0) is 11.3. The summed E-state index contributed by atoms with van der Waals surface area (Å²) in [6, 6.07) is 1.59. The highest BCUT2D eigenvalue weighted by atomic mass is 15.2. The van der Waals surface area contributed by atoms with Gasteiger partial charge in [0.05, 0.1) is 0 Å². The molecule has 1 heterocycles. The molecule has 3 unspecified atom stereocenters. The van der Waals surface area contributed by atoms with Gasteiger partial charge in [-0.3, -0.25) is 4.90 Å². The Balaban J connectivity index is 2.23. The van der Waals surface area contributed by atoms with E-state index < -0.39 is 0 Å². The molecule has 2 heteroatoms. The van der Waals surface area contributed by atoms with E-state index >= 15 is 0 Å². The third-order valence-electron chi connectivity index (χ3n) is 3.89. The van der Waals surface area contributed by atoms with Gasteiger partial charge in [-0.15, -0.1) is 0 Å². The van der Waals surface area contributed by atoms with Crippen LogP contribution >= 0.6 is 0 Å². The number of nitrogens with zero attached hydrogens (tertiary/aromatic N) is 1. The first-order valence-electron chi connectivity index (χ1n) is 6.61. The molecule has 0 aromatic carbocycles. The Morgan fingerprint density at radius 3 is 2.40 bits per heavy atom. The predicted octanol–water partition coefficient (Wildman–Crippen LogP) is 2.62. The van der Waals surface area contributed by atoms with Crippen molar-refractivity contribution in [3.8, 4) is 0 Å². The van der Waals surface area contributed by atoms with Gasteiger partial charge in [-0.25, -0.2) is 0 Å². The molecule has 2 N–H and O–H groups in total. The Morgan fingerprint density at radius 1 is 1.27 bits per heavy atom. The standard InChI is InChI=1S/C13H28N2/c1-11(10-14)6-5-9-15-12(2)7-4-8-13(15)3/h11-13H,4-10,14H2,1-3H3. The highest BCUT2D eigenvalue weighted by Crippen LogP contribution is 2.23. The lowest BCUT2D eigenvalue weighted by Gasteiger charge is -2.39. The van der Waals surface area contributed by atoms with E-state index in [1.807, 2.05) is 0 Å². The van der Waals surface area contributed by atoms with Crippen LogP contribution in [-0.4, -0.2) is 30.1 Å². The summed E-state index contributed by atoms with van der Waals surface area (Å²) in [7, 11) is 0. The first-order chi connectivity index (χ1) is 7.15. The Labute approximate surface area is 95.2 Å². The van der Waals surface area contributed by atoms with Crippen molar-refractivity contribution in [3.63, 3.8) is 0 Å². The summed E-state index contributed by atoms with van der Waals surface area (Å²) < 4.78 is 0. The maximum atomic E-state index is 5.63. The fourth-order valence-corrected chi connectivity index (χ4v) is 2.66. The Morgan fingerprint density at radius 2 is 1.87 bits per heavy atom. The minimum Gasteiger partial charge on any atom is -0.330 e. The predicted molar refractivity (Wildman–Crippen MR) is 66.9 cm³/mol. The summed E-state index contributed by atoms with van der Waals surface area (Å²) in [5, 5.41) is 0. The first-order valence-corrected chi connectivity index (χ1v) is 6.61. The molecule has 90 valence electrons. The second-order valence-corrected chi connectivity index (χ2v) is 5.35. The number of nitrogens with two attached hydrogens (primary N) is 1. The van der Waals surface area contributed by atoms with Crippen molar-refractivity contribution in [2.24, 2.45) is 11.7 Å². The van der Waals surface area contributed by atoms with Gasteiger partial charge in [-0.2, -0.15) is 0 Å². The van der Waals surface area contributed by atoms with Gasteiger partial charge in [-0.1, -0.05) is 13.3 Å². The second kappa shape index (κ2) is 6.49.